The van der Waals surface area contributed by atoms with Crippen LogP contribution in [0, 0.1) is 0 Å². The molecule has 5 aromatic rings. The number of benzene rings is 5. The van der Waals surface area contributed by atoms with Crippen LogP contribution in [0.3, 0.4) is 0 Å². The molecule has 0 heterocycles. The molecule has 0 amide bonds. The molecule has 0 unspecified atom stereocenters. The van der Waals surface area contributed by atoms with Gasteiger partial charge in [-0.05, 0) is 79.1 Å². The van der Waals surface area contributed by atoms with E-state index in [0.717, 1.165) is 11.4 Å². The van der Waals surface area contributed by atoms with Gasteiger partial charge in [-0.3, -0.25) is 0 Å². The van der Waals surface area contributed by atoms with Crippen molar-refractivity contribution in [2.24, 2.45) is 0 Å². The monoisotopic (exact) mass is 519 g/mol. The van der Waals surface area contributed by atoms with Crippen LogP contribution in [0.2, 0.25) is 0 Å². The largest absolute Gasteiger partial charge is 0.355 e. The van der Waals surface area contributed by atoms with Crippen LogP contribution in [0.1, 0.15) is 74.9 Å². The Hall–Kier alpha value is -4.10. The van der Waals surface area contributed by atoms with Crippen LogP contribution in [0.5, 0.6) is 0 Å². The highest BCUT2D eigenvalue weighted by molar-refractivity contribution is 5.99. The summed E-state index contributed by atoms with van der Waals surface area (Å²) in [7, 11) is 0. The summed E-state index contributed by atoms with van der Waals surface area (Å²) in [5, 5.41) is 3.92. The lowest BCUT2D eigenvalue weighted by Gasteiger charge is -2.30. The molecular formula is C39H37N. The van der Waals surface area contributed by atoms with E-state index in [1.54, 1.807) is 0 Å². The highest BCUT2D eigenvalue weighted by Gasteiger charge is 2.51. The molecule has 0 aliphatic heterocycles. The van der Waals surface area contributed by atoms with Crippen molar-refractivity contribution < 1.29 is 0 Å². The van der Waals surface area contributed by atoms with Gasteiger partial charge in [0.25, 0.3) is 0 Å². The van der Waals surface area contributed by atoms with E-state index in [-0.39, 0.29) is 16.2 Å². The standard InChI is InChI=1S/C39H37N/c1-37(2,3)25-22-26(38(4,5)6)24-27(23-25)40-35-21-13-20-34-36(35)30-16-9-12-19-33(30)39(34)31-17-10-7-14-28(31)29-15-8-11-18-32(29)39/h7-24,40H,1-6H3. The molecule has 1 spiro atoms. The van der Waals surface area contributed by atoms with Crippen molar-refractivity contribution in [2.75, 3.05) is 5.32 Å². The van der Waals surface area contributed by atoms with Crippen molar-refractivity contribution in [1.82, 2.24) is 0 Å². The quantitative estimate of drug-likeness (QED) is 0.239. The van der Waals surface area contributed by atoms with Gasteiger partial charge in [0.05, 0.1) is 5.41 Å². The van der Waals surface area contributed by atoms with Gasteiger partial charge < -0.3 is 5.32 Å². The molecule has 0 atom stereocenters. The van der Waals surface area contributed by atoms with E-state index in [1.807, 2.05) is 0 Å². The lowest BCUT2D eigenvalue weighted by molar-refractivity contribution is 0.569. The molecule has 1 N–H and O–H groups in total. The number of fused-ring (bicyclic) bond motifs is 10. The van der Waals surface area contributed by atoms with E-state index in [0.29, 0.717) is 0 Å². The van der Waals surface area contributed by atoms with Crippen molar-refractivity contribution in [3.05, 3.63) is 143 Å². The van der Waals surface area contributed by atoms with Gasteiger partial charge in [0, 0.05) is 16.9 Å². The fourth-order valence-corrected chi connectivity index (χ4v) is 6.97. The third kappa shape index (κ3) is 3.47. The minimum Gasteiger partial charge on any atom is -0.355 e. The molecule has 5 aromatic carbocycles. The van der Waals surface area contributed by atoms with E-state index in [4.69, 9.17) is 0 Å². The topological polar surface area (TPSA) is 12.0 Å². The van der Waals surface area contributed by atoms with E-state index in [1.165, 1.54) is 55.6 Å². The average Bonchev–Trinajstić information content (AvgIpc) is 3.40. The van der Waals surface area contributed by atoms with Crippen molar-refractivity contribution in [3.63, 3.8) is 0 Å². The summed E-state index contributed by atoms with van der Waals surface area (Å²) in [6.07, 6.45) is 0. The molecular weight excluding hydrogens is 482 g/mol. The molecule has 0 saturated heterocycles. The molecule has 198 valence electrons. The number of hydrogen-bond acceptors (Lipinski definition) is 1. The molecule has 40 heavy (non-hydrogen) atoms. The Kier molecular flexibility index (Phi) is 5.26. The summed E-state index contributed by atoms with van der Waals surface area (Å²) in [4.78, 5) is 0. The summed E-state index contributed by atoms with van der Waals surface area (Å²) >= 11 is 0. The molecule has 2 aliphatic carbocycles. The van der Waals surface area contributed by atoms with Gasteiger partial charge in [-0.2, -0.15) is 0 Å². The van der Waals surface area contributed by atoms with Gasteiger partial charge in [0.15, 0.2) is 0 Å². The van der Waals surface area contributed by atoms with Gasteiger partial charge in [-0.1, -0.05) is 133 Å². The van der Waals surface area contributed by atoms with E-state index >= 15 is 0 Å². The van der Waals surface area contributed by atoms with Crippen LogP contribution in [-0.4, -0.2) is 0 Å². The normalized spacial score (nSPS) is 14.4. The summed E-state index contributed by atoms with van der Waals surface area (Å²) in [6.45, 7) is 13.8. The predicted molar refractivity (Wildman–Crippen MR) is 170 cm³/mol. The zero-order valence-corrected chi connectivity index (χ0v) is 24.4. The fourth-order valence-electron chi connectivity index (χ4n) is 6.97. The Labute approximate surface area is 238 Å². The van der Waals surface area contributed by atoms with Gasteiger partial charge in [-0.15, -0.1) is 0 Å². The van der Waals surface area contributed by atoms with Crippen molar-refractivity contribution in [1.29, 1.82) is 0 Å². The Morgan fingerprint density at radius 3 is 1.45 bits per heavy atom. The Morgan fingerprint density at radius 2 is 0.925 bits per heavy atom. The van der Waals surface area contributed by atoms with E-state index in [2.05, 4.69) is 156 Å². The van der Waals surface area contributed by atoms with Crippen LogP contribution >= 0.6 is 0 Å². The molecule has 0 radical (unpaired) electrons. The molecule has 7 rings (SSSR count). The van der Waals surface area contributed by atoms with Crippen molar-refractivity contribution in [2.45, 2.75) is 57.8 Å². The predicted octanol–water partition coefficient (Wildman–Crippen LogP) is 10.4. The molecule has 0 bridgehead atoms. The highest BCUT2D eigenvalue weighted by atomic mass is 14.9. The summed E-state index contributed by atoms with van der Waals surface area (Å²) in [5.41, 5.74) is 15.6. The third-order valence-corrected chi connectivity index (χ3v) is 8.97. The van der Waals surface area contributed by atoms with Crippen molar-refractivity contribution in [3.8, 4) is 22.3 Å². The second-order valence-electron chi connectivity index (χ2n) is 13.5. The Morgan fingerprint density at radius 1 is 0.475 bits per heavy atom. The maximum absolute atomic E-state index is 3.92. The zero-order chi connectivity index (χ0) is 27.9. The number of rotatable bonds is 2. The first-order valence-electron chi connectivity index (χ1n) is 14.5. The van der Waals surface area contributed by atoms with Gasteiger partial charge in [-0.25, -0.2) is 0 Å². The summed E-state index contributed by atoms with van der Waals surface area (Å²) < 4.78 is 0. The second-order valence-corrected chi connectivity index (χ2v) is 13.5. The first kappa shape index (κ1) is 24.9. The van der Waals surface area contributed by atoms with Crippen LogP contribution in [-0.2, 0) is 16.2 Å². The van der Waals surface area contributed by atoms with Crippen LogP contribution in [0.4, 0.5) is 11.4 Å². The first-order chi connectivity index (χ1) is 19.1. The van der Waals surface area contributed by atoms with Crippen LogP contribution in [0.25, 0.3) is 22.3 Å². The second kappa shape index (κ2) is 8.45. The SMILES string of the molecule is CC(C)(C)c1cc(Nc2cccc3c2-c2ccccc2C32c3ccccc3-c3ccccc32)cc(C(C)(C)C)c1. The zero-order valence-electron chi connectivity index (χ0n) is 24.4. The molecule has 0 fully saturated rings. The van der Waals surface area contributed by atoms with Gasteiger partial charge in [0.1, 0.15) is 0 Å². The molecule has 1 heteroatoms. The number of nitrogens with one attached hydrogen (secondary N) is 1. The molecule has 0 saturated carbocycles. The molecule has 1 nitrogen and oxygen atoms in total. The summed E-state index contributed by atoms with van der Waals surface area (Å²) in [5.74, 6) is 0. The highest BCUT2D eigenvalue weighted by Crippen LogP contribution is 2.63. The van der Waals surface area contributed by atoms with E-state index < -0.39 is 0 Å². The maximum atomic E-state index is 3.92. The summed E-state index contributed by atoms with van der Waals surface area (Å²) in [6, 6.07) is 40.9. The maximum Gasteiger partial charge on any atom is 0.0726 e. The average molecular weight is 520 g/mol. The Bertz CT molecular complexity index is 1710. The fraction of sp³-hybridized carbons (Fsp3) is 0.231. The van der Waals surface area contributed by atoms with E-state index in [9.17, 15) is 0 Å². The lowest BCUT2D eigenvalue weighted by atomic mass is 9.70. The van der Waals surface area contributed by atoms with Gasteiger partial charge in [0.2, 0.25) is 0 Å². The first-order valence-corrected chi connectivity index (χ1v) is 14.5. The minimum absolute atomic E-state index is 0.0598. The molecule has 0 aromatic heterocycles. The minimum atomic E-state index is -0.319. The third-order valence-electron chi connectivity index (χ3n) is 8.97. The number of hydrogen-bond donors (Lipinski definition) is 1. The smallest absolute Gasteiger partial charge is 0.0726 e. The van der Waals surface area contributed by atoms with Crippen LogP contribution in [0.15, 0.2) is 109 Å². The molecule has 2 aliphatic rings. The Balaban J connectivity index is 1.49. The number of anilines is 2. The lowest BCUT2D eigenvalue weighted by Crippen LogP contribution is -2.25. The van der Waals surface area contributed by atoms with Crippen LogP contribution < -0.4 is 5.32 Å². The van der Waals surface area contributed by atoms with Gasteiger partial charge >= 0.3 is 0 Å². The van der Waals surface area contributed by atoms with Crippen molar-refractivity contribution >= 4 is 11.4 Å².